The van der Waals surface area contributed by atoms with Crippen molar-refractivity contribution in [3.63, 3.8) is 0 Å². The largest absolute Gasteiger partial charge is 0.327 e. The van der Waals surface area contributed by atoms with Crippen LogP contribution in [0.3, 0.4) is 0 Å². The zero-order valence-corrected chi connectivity index (χ0v) is 8.19. The summed E-state index contributed by atoms with van der Waals surface area (Å²) < 4.78 is 4.82. The monoisotopic (exact) mass is 234 g/mol. The Morgan fingerprint density at radius 2 is 2.55 bits per heavy atom. The van der Waals surface area contributed by atoms with Crippen molar-refractivity contribution in [3.8, 4) is 0 Å². The maximum atomic E-state index is 4.82. The van der Waals surface area contributed by atoms with E-state index in [4.69, 9.17) is 4.52 Å². The third-order valence-corrected chi connectivity index (χ3v) is 3.33. The fourth-order valence-electron chi connectivity index (χ4n) is 1.13. The first-order valence-corrected chi connectivity index (χ1v) is 5.31. The van der Waals surface area contributed by atoms with Crippen LogP contribution < -0.4 is 0 Å². The fourth-order valence-corrected chi connectivity index (χ4v) is 2.58. The van der Waals surface area contributed by atoms with Crippen molar-refractivity contribution in [3.05, 3.63) is 10.6 Å². The number of thioether (sulfide) groups is 1. The van der Waals surface area contributed by atoms with Gasteiger partial charge in [0.1, 0.15) is 0 Å². The molecule has 1 unspecified atom stereocenters. The maximum absolute atomic E-state index is 4.82. The number of aromatic nitrogens is 2. The van der Waals surface area contributed by atoms with Crippen LogP contribution in [0.5, 0.6) is 0 Å². The highest BCUT2D eigenvalue weighted by atomic mass is 79.9. The van der Waals surface area contributed by atoms with E-state index in [-0.39, 0.29) is 0 Å². The molecule has 5 heteroatoms. The van der Waals surface area contributed by atoms with Crippen molar-refractivity contribution in [2.45, 2.75) is 18.1 Å². The Morgan fingerprint density at radius 1 is 1.64 bits per heavy atom. The molecule has 2 heterocycles. The summed E-state index contributed by atoms with van der Waals surface area (Å²) >= 11 is 5.03. The predicted octanol–water partition coefficient (Wildman–Crippen LogP) is 2.40. The van der Waals surface area contributed by atoms with Gasteiger partial charge >= 0.3 is 0 Å². The van der Waals surface area contributed by atoms with Gasteiger partial charge in [0.15, 0.2) is 5.82 Å². The molecule has 1 aliphatic rings. The van der Waals surface area contributed by atoms with E-state index in [2.05, 4.69) is 26.1 Å². The van der Waals surface area contributed by atoms with Gasteiger partial charge in [0.2, 0.25) is 0 Å². The van der Waals surface area contributed by atoms with Crippen molar-refractivity contribution < 1.29 is 4.52 Å². The van der Waals surface area contributed by atoms with E-state index in [1.54, 1.807) is 0 Å². The summed E-state index contributed by atoms with van der Waals surface area (Å²) in [6.07, 6.45) is 2.44. The molecule has 0 bridgehead atoms. The van der Waals surface area contributed by atoms with Gasteiger partial charge in [-0.25, -0.2) is 0 Å². The summed E-state index contributed by atoms with van der Waals surface area (Å²) in [7, 11) is 0. The number of halogens is 1. The minimum atomic E-state index is 0.463. The normalized spacial score (nSPS) is 24.3. The number of hydrogen-bond acceptors (Lipinski definition) is 4. The molecule has 1 saturated heterocycles. The van der Waals surface area contributed by atoms with E-state index < -0.39 is 0 Å². The van der Waals surface area contributed by atoms with E-state index in [1.807, 2.05) is 11.8 Å². The minimum absolute atomic E-state index is 0.463. The van der Waals surface area contributed by atoms with Crippen LogP contribution in [0.25, 0.3) is 0 Å². The molecule has 0 saturated carbocycles. The van der Waals surface area contributed by atoms with Crippen LogP contribution in [-0.4, -0.2) is 15.9 Å². The lowest BCUT2D eigenvalue weighted by Crippen LogP contribution is -1.90. The van der Waals surface area contributed by atoms with Crippen LogP contribution in [0, 0.1) is 0 Å². The molecule has 1 aromatic heterocycles. The molecule has 3 nitrogen and oxygen atoms in total. The van der Waals surface area contributed by atoms with Gasteiger partial charge < -0.3 is 4.52 Å². The van der Waals surface area contributed by atoms with Crippen LogP contribution in [0.2, 0.25) is 0 Å². The molecule has 60 valence electrons. The molecule has 2 rings (SSSR count). The Balaban J connectivity index is 2.15. The molecule has 0 N–H and O–H groups in total. The molecule has 1 atom stereocenters. The molecule has 0 aromatic carbocycles. The third kappa shape index (κ3) is 1.59. The van der Waals surface area contributed by atoms with Gasteiger partial charge in [-0.05, 0) is 18.6 Å². The minimum Gasteiger partial charge on any atom is -0.327 e. The summed E-state index contributed by atoms with van der Waals surface area (Å²) in [4.78, 5) is 4.60. The Hall–Kier alpha value is -0.0300. The van der Waals surface area contributed by atoms with Gasteiger partial charge in [-0.3, -0.25) is 0 Å². The van der Waals surface area contributed by atoms with Gasteiger partial charge in [0, 0.05) is 15.9 Å². The first-order chi connectivity index (χ1) is 5.36. The highest BCUT2D eigenvalue weighted by Gasteiger charge is 2.22. The molecule has 1 aliphatic heterocycles. The second-order valence-corrected chi connectivity index (χ2v) is 4.40. The first kappa shape index (κ1) is 7.61. The Labute approximate surface area is 77.1 Å². The summed E-state index contributed by atoms with van der Waals surface area (Å²) in [5.41, 5.74) is 0. The summed E-state index contributed by atoms with van der Waals surface area (Å²) in [5.74, 6) is 2.05. The number of nitrogens with zero attached hydrogens (tertiary/aromatic N) is 2. The van der Waals surface area contributed by atoms with Crippen molar-refractivity contribution >= 4 is 27.7 Å². The second-order valence-electron chi connectivity index (χ2n) is 2.41. The van der Waals surface area contributed by atoms with Crippen LogP contribution in [0.4, 0.5) is 0 Å². The molecule has 1 aromatic rings. The molecular weight excluding hydrogens is 228 g/mol. The SMILES string of the molecule is Brc1nc(C2CCCS2)no1. The Bertz CT molecular complexity index is 246. The molecular formula is C6H7BrN2OS. The van der Waals surface area contributed by atoms with Crippen molar-refractivity contribution in [1.29, 1.82) is 0 Å². The van der Waals surface area contributed by atoms with Crippen LogP contribution in [0.15, 0.2) is 9.32 Å². The average molecular weight is 235 g/mol. The van der Waals surface area contributed by atoms with Gasteiger partial charge in [-0.2, -0.15) is 16.7 Å². The lowest BCUT2D eigenvalue weighted by atomic mass is 10.2. The molecule has 0 radical (unpaired) electrons. The third-order valence-electron chi connectivity index (χ3n) is 1.63. The van der Waals surface area contributed by atoms with E-state index in [9.17, 15) is 0 Å². The van der Waals surface area contributed by atoms with E-state index in [0.717, 1.165) is 5.82 Å². The van der Waals surface area contributed by atoms with Gasteiger partial charge in [-0.15, -0.1) is 0 Å². The van der Waals surface area contributed by atoms with E-state index in [0.29, 0.717) is 10.0 Å². The van der Waals surface area contributed by atoms with E-state index in [1.165, 1.54) is 18.6 Å². The topological polar surface area (TPSA) is 38.9 Å². The van der Waals surface area contributed by atoms with Crippen molar-refractivity contribution in [2.75, 3.05) is 5.75 Å². The lowest BCUT2D eigenvalue weighted by molar-refractivity contribution is 0.389. The Kier molecular flexibility index (Phi) is 2.18. The van der Waals surface area contributed by atoms with Gasteiger partial charge in [0.05, 0.1) is 5.25 Å². The standard InChI is InChI=1S/C6H7BrN2OS/c7-6-8-5(9-10-6)4-2-1-3-11-4/h4H,1-3H2. The highest BCUT2D eigenvalue weighted by molar-refractivity contribution is 9.10. The van der Waals surface area contributed by atoms with Crippen LogP contribution in [-0.2, 0) is 0 Å². The highest BCUT2D eigenvalue weighted by Crippen LogP contribution is 2.38. The summed E-state index contributed by atoms with van der Waals surface area (Å²) in [6, 6.07) is 0. The van der Waals surface area contributed by atoms with E-state index >= 15 is 0 Å². The van der Waals surface area contributed by atoms with Gasteiger partial charge in [0.25, 0.3) is 4.80 Å². The molecule has 0 spiro atoms. The maximum Gasteiger partial charge on any atom is 0.293 e. The molecule has 0 aliphatic carbocycles. The number of hydrogen-bond donors (Lipinski definition) is 0. The smallest absolute Gasteiger partial charge is 0.293 e. The summed E-state index contributed by atoms with van der Waals surface area (Å²) in [6.45, 7) is 0. The predicted molar refractivity (Wildman–Crippen MR) is 46.4 cm³/mol. The molecule has 0 amide bonds. The van der Waals surface area contributed by atoms with Crippen LogP contribution >= 0.6 is 27.7 Å². The quantitative estimate of drug-likeness (QED) is 0.749. The van der Waals surface area contributed by atoms with Crippen molar-refractivity contribution in [1.82, 2.24) is 10.1 Å². The van der Waals surface area contributed by atoms with Gasteiger partial charge in [-0.1, -0.05) is 5.16 Å². The second kappa shape index (κ2) is 3.15. The summed E-state index contributed by atoms with van der Waals surface area (Å²) in [5, 5.41) is 4.31. The molecule has 11 heavy (non-hydrogen) atoms. The number of rotatable bonds is 1. The van der Waals surface area contributed by atoms with Crippen molar-refractivity contribution in [2.24, 2.45) is 0 Å². The van der Waals surface area contributed by atoms with Crippen LogP contribution in [0.1, 0.15) is 23.9 Å². The zero-order chi connectivity index (χ0) is 7.68. The lowest BCUT2D eigenvalue weighted by Gasteiger charge is -1.98. The zero-order valence-electron chi connectivity index (χ0n) is 5.79. The average Bonchev–Trinajstić information content (AvgIpc) is 2.55. The fraction of sp³-hybridized carbons (Fsp3) is 0.667. The molecule has 1 fully saturated rings. The first-order valence-electron chi connectivity index (χ1n) is 3.47. The Morgan fingerprint density at radius 3 is 3.09 bits per heavy atom.